The molecule has 1 atom stereocenters. The number of halogens is 4. The quantitative estimate of drug-likeness (QED) is 0.333. The van der Waals surface area contributed by atoms with Crippen molar-refractivity contribution < 1.29 is 42.1 Å². The number of pyridine rings is 1. The third kappa shape index (κ3) is 5.48. The van der Waals surface area contributed by atoms with Crippen LogP contribution < -0.4 is 20.8 Å². The van der Waals surface area contributed by atoms with Crippen LogP contribution in [-0.2, 0) is 4.79 Å². The van der Waals surface area contributed by atoms with Gasteiger partial charge in [-0.15, -0.1) is 6.42 Å². The van der Waals surface area contributed by atoms with Crippen molar-refractivity contribution in [2.45, 2.75) is 43.9 Å². The number of benzene rings is 1. The van der Waals surface area contributed by atoms with Gasteiger partial charge in [0.15, 0.2) is 5.75 Å². The zero-order valence-electron chi connectivity index (χ0n) is 18.4. The Morgan fingerprint density at radius 1 is 1.31 bits per heavy atom. The zero-order chi connectivity index (χ0) is 26.3. The number of aliphatic carboxylic acids is 1. The fourth-order valence-corrected chi connectivity index (χ4v) is 3.88. The molecular formula is C22H21F4N3O6. The minimum atomic E-state index is -5.08. The second-order valence-corrected chi connectivity index (χ2v) is 8.58. The van der Waals surface area contributed by atoms with Crippen molar-refractivity contribution in [3.05, 3.63) is 33.9 Å². The SMILES string of the molecule is C#Cc1c(N2CCC(C)(N)C2)c(F)cc2c(=O)c(OC(=O)O)cn(C3CC3)c12.O=C(O)C(F)(F)F. The Morgan fingerprint density at radius 3 is 2.34 bits per heavy atom. The topological polar surface area (TPSA) is 135 Å². The van der Waals surface area contributed by atoms with Gasteiger partial charge < -0.3 is 30.2 Å². The molecule has 0 spiro atoms. The fraction of sp³-hybridized carbons (Fsp3) is 0.409. The van der Waals surface area contributed by atoms with Crippen LogP contribution in [0.25, 0.3) is 10.9 Å². The van der Waals surface area contributed by atoms with Crippen LogP contribution in [0.15, 0.2) is 17.1 Å². The zero-order valence-corrected chi connectivity index (χ0v) is 18.4. The molecule has 35 heavy (non-hydrogen) atoms. The van der Waals surface area contributed by atoms with Crippen LogP contribution in [0.1, 0.15) is 37.8 Å². The molecule has 13 heteroatoms. The third-order valence-electron chi connectivity index (χ3n) is 5.55. The number of carboxylic acids is 1. The molecule has 1 unspecified atom stereocenters. The fourth-order valence-electron chi connectivity index (χ4n) is 3.88. The van der Waals surface area contributed by atoms with Crippen molar-refractivity contribution in [1.29, 1.82) is 0 Å². The lowest BCUT2D eigenvalue weighted by molar-refractivity contribution is -0.192. The van der Waals surface area contributed by atoms with Gasteiger partial charge in [-0.25, -0.2) is 14.0 Å². The highest BCUT2D eigenvalue weighted by Crippen LogP contribution is 2.41. The number of terminal acetylenes is 1. The molecule has 4 rings (SSSR count). The van der Waals surface area contributed by atoms with E-state index in [4.69, 9.17) is 27.2 Å². The van der Waals surface area contributed by atoms with Gasteiger partial charge in [-0.1, -0.05) is 5.92 Å². The van der Waals surface area contributed by atoms with Crippen molar-refractivity contribution in [3.8, 4) is 18.1 Å². The average molecular weight is 499 g/mol. The first-order valence-electron chi connectivity index (χ1n) is 10.3. The van der Waals surface area contributed by atoms with E-state index >= 15 is 4.39 Å². The van der Waals surface area contributed by atoms with Crippen molar-refractivity contribution in [1.82, 2.24) is 4.57 Å². The molecule has 2 aromatic rings. The van der Waals surface area contributed by atoms with Crippen molar-refractivity contribution in [2.24, 2.45) is 5.73 Å². The smallest absolute Gasteiger partial charge is 0.475 e. The molecule has 1 aliphatic heterocycles. The highest BCUT2D eigenvalue weighted by Gasteiger charge is 2.38. The molecule has 0 bridgehead atoms. The van der Waals surface area contributed by atoms with Crippen LogP contribution in [0, 0.1) is 18.2 Å². The minimum absolute atomic E-state index is 0.00885. The van der Waals surface area contributed by atoms with E-state index in [1.54, 1.807) is 4.57 Å². The maximum Gasteiger partial charge on any atom is 0.511 e. The number of alkyl halides is 3. The number of hydrogen-bond acceptors (Lipinski definition) is 6. The maximum atomic E-state index is 15.1. The molecule has 1 aromatic carbocycles. The van der Waals surface area contributed by atoms with Gasteiger partial charge in [-0.3, -0.25) is 4.79 Å². The predicted octanol–water partition coefficient (Wildman–Crippen LogP) is 3.07. The van der Waals surface area contributed by atoms with Crippen molar-refractivity contribution in [2.75, 3.05) is 18.0 Å². The molecule has 1 aliphatic carbocycles. The second kappa shape index (κ2) is 9.10. The van der Waals surface area contributed by atoms with Crippen LogP contribution in [0.2, 0.25) is 0 Å². The van der Waals surface area contributed by atoms with E-state index in [1.165, 1.54) is 6.20 Å². The van der Waals surface area contributed by atoms with Gasteiger partial charge in [0.05, 0.1) is 28.4 Å². The van der Waals surface area contributed by atoms with Crippen LogP contribution in [0.3, 0.4) is 0 Å². The highest BCUT2D eigenvalue weighted by atomic mass is 19.4. The summed E-state index contributed by atoms with van der Waals surface area (Å²) in [5, 5.41) is 16.0. The molecular weight excluding hydrogens is 478 g/mol. The third-order valence-corrected chi connectivity index (χ3v) is 5.55. The summed E-state index contributed by atoms with van der Waals surface area (Å²) < 4.78 is 53.2. The summed E-state index contributed by atoms with van der Waals surface area (Å²) in [7, 11) is 0. The van der Waals surface area contributed by atoms with Crippen LogP contribution in [0.5, 0.6) is 5.75 Å². The monoisotopic (exact) mass is 499 g/mol. The normalized spacial score (nSPS) is 19.6. The minimum Gasteiger partial charge on any atom is -0.475 e. The first kappa shape index (κ1) is 25.8. The van der Waals surface area contributed by atoms with Crippen molar-refractivity contribution in [3.63, 3.8) is 0 Å². The van der Waals surface area contributed by atoms with E-state index in [0.29, 0.717) is 25.0 Å². The Balaban J connectivity index is 0.000000429. The molecule has 4 N–H and O–H groups in total. The summed E-state index contributed by atoms with van der Waals surface area (Å²) in [6.45, 7) is 2.90. The van der Waals surface area contributed by atoms with Gasteiger partial charge in [-0.05, 0) is 32.3 Å². The summed E-state index contributed by atoms with van der Waals surface area (Å²) >= 11 is 0. The summed E-state index contributed by atoms with van der Waals surface area (Å²) in [6, 6.07) is 1.18. The van der Waals surface area contributed by atoms with Gasteiger partial charge in [0.1, 0.15) is 5.82 Å². The molecule has 1 saturated carbocycles. The molecule has 188 valence electrons. The number of carboxylic acid groups (broad SMARTS) is 2. The van der Waals surface area contributed by atoms with E-state index in [2.05, 4.69) is 10.7 Å². The number of ether oxygens (including phenoxy) is 1. The van der Waals surface area contributed by atoms with Gasteiger partial charge in [0.2, 0.25) is 5.43 Å². The maximum absolute atomic E-state index is 15.1. The van der Waals surface area contributed by atoms with E-state index in [9.17, 15) is 22.8 Å². The van der Waals surface area contributed by atoms with Crippen LogP contribution in [0.4, 0.5) is 28.0 Å². The number of carbonyl (C=O) groups is 2. The first-order chi connectivity index (χ1) is 16.2. The molecule has 2 heterocycles. The largest absolute Gasteiger partial charge is 0.511 e. The summed E-state index contributed by atoms with van der Waals surface area (Å²) in [4.78, 5) is 34.4. The molecule has 0 radical (unpaired) electrons. The molecule has 1 aromatic heterocycles. The van der Waals surface area contributed by atoms with Crippen molar-refractivity contribution >= 4 is 28.7 Å². The first-order valence-corrected chi connectivity index (χ1v) is 10.3. The Morgan fingerprint density at radius 2 is 1.91 bits per heavy atom. The number of hydrogen-bond donors (Lipinski definition) is 3. The average Bonchev–Trinajstić information content (AvgIpc) is 3.51. The second-order valence-electron chi connectivity index (χ2n) is 8.58. The van der Waals surface area contributed by atoms with Gasteiger partial charge in [0, 0.05) is 24.7 Å². The number of fused-ring (bicyclic) bond motifs is 1. The molecule has 0 amide bonds. The Bertz CT molecular complexity index is 1290. The van der Waals surface area contributed by atoms with Gasteiger partial charge in [-0.2, -0.15) is 13.2 Å². The number of anilines is 1. The summed E-state index contributed by atoms with van der Waals surface area (Å²) in [5.41, 5.74) is 5.99. The predicted molar refractivity (Wildman–Crippen MR) is 116 cm³/mol. The standard InChI is InChI=1S/C20H20FN3O4.C2HF3O2/c1-3-12-16-13(8-14(21)17(12)23-7-6-20(2,22)10-23)18(25)15(28-19(26)27)9-24(16)11-4-5-11;3-2(4,5)1(6)7/h1,8-9,11H,4-7,10,22H2,2H3,(H,26,27);(H,6,7). The van der Waals surface area contributed by atoms with Gasteiger partial charge in [0.25, 0.3) is 0 Å². The van der Waals surface area contributed by atoms with E-state index in [-0.39, 0.29) is 28.4 Å². The van der Waals surface area contributed by atoms with E-state index in [0.717, 1.165) is 18.9 Å². The number of rotatable bonds is 3. The van der Waals surface area contributed by atoms with E-state index < -0.39 is 35.1 Å². The summed E-state index contributed by atoms with van der Waals surface area (Å²) in [5.74, 6) is -1.20. The van der Waals surface area contributed by atoms with Crippen LogP contribution in [-0.4, -0.2) is 51.7 Å². The molecule has 2 fully saturated rings. The van der Waals surface area contributed by atoms with Gasteiger partial charge >= 0.3 is 18.3 Å². The Hall–Kier alpha value is -3.79. The lowest BCUT2D eigenvalue weighted by atomic mass is 10.0. The molecule has 9 nitrogen and oxygen atoms in total. The Kier molecular flexibility index (Phi) is 6.72. The number of aromatic nitrogens is 1. The number of nitrogens with zero attached hydrogens (tertiary/aromatic N) is 2. The van der Waals surface area contributed by atoms with E-state index in [1.807, 2.05) is 11.8 Å². The summed E-state index contributed by atoms with van der Waals surface area (Å²) in [6.07, 6.45) is 2.83. The lowest BCUT2D eigenvalue weighted by Crippen LogP contribution is -2.39. The highest BCUT2D eigenvalue weighted by molar-refractivity contribution is 5.92. The Labute approximate surface area is 195 Å². The molecule has 1 saturated heterocycles. The lowest BCUT2D eigenvalue weighted by Gasteiger charge is -2.25. The van der Waals surface area contributed by atoms with Crippen LogP contribution >= 0.6 is 0 Å². The molecule has 2 aliphatic rings. The number of nitrogens with two attached hydrogens (primary N) is 1.